The van der Waals surface area contributed by atoms with Gasteiger partial charge >= 0.3 is 0 Å². The Morgan fingerprint density at radius 3 is 2.52 bits per heavy atom. The number of aryl methyl sites for hydroxylation is 1. The maximum absolute atomic E-state index is 13.1. The first-order valence-corrected chi connectivity index (χ1v) is 9.59. The lowest BCUT2D eigenvalue weighted by molar-refractivity contribution is -0.690. The number of halogens is 1. The lowest BCUT2D eigenvalue weighted by Gasteiger charge is -2.03. The third kappa shape index (κ3) is 3.70. The number of ketones is 1. The number of benzene rings is 2. The summed E-state index contributed by atoms with van der Waals surface area (Å²) in [5.41, 5.74) is 4.13. The molecule has 1 aromatic heterocycles. The number of nitrogens with zero attached hydrogens (tertiary/aromatic N) is 2. The first kappa shape index (κ1) is 17.7. The van der Waals surface area contributed by atoms with E-state index < -0.39 is 0 Å². The molecule has 2 aromatic carbocycles. The lowest BCUT2D eigenvalue weighted by atomic mass is 10.1. The van der Waals surface area contributed by atoms with E-state index in [4.69, 9.17) is 0 Å². The molecule has 2 heterocycles. The molecule has 0 spiro atoms. The van der Waals surface area contributed by atoms with Crippen LogP contribution in [0, 0.1) is 12.7 Å². The molecule has 3 aromatic rings. The molecule has 0 N–H and O–H groups in total. The van der Waals surface area contributed by atoms with Crippen LogP contribution in [0.2, 0.25) is 0 Å². The molecule has 0 fully saturated rings. The van der Waals surface area contributed by atoms with Crippen molar-refractivity contribution in [2.75, 3.05) is 0 Å². The van der Waals surface area contributed by atoms with Crippen LogP contribution in [-0.2, 0) is 19.5 Å². The second kappa shape index (κ2) is 7.47. The Bertz CT molecular complexity index is 955. The number of imidazole rings is 1. The number of rotatable bonds is 4. The van der Waals surface area contributed by atoms with Gasteiger partial charge in [-0.25, -0.2) is 13.5 Å². The second-order valence-electron chi connectivity index (χ2n) is 7.32. The van der Waals surface area contributed by atoms with Gasteiger partial charge in [0.15, 0.2) is 12.2 Å². The zero-order valence-electron chi connectivity index (χ0n) is 15.6. The van der Waals surface area contributed by atoms with Gasteiger partial charge in [-0.2, -0.15) is 0 Å². The van der Waals surface area contributed by atoms with Crippen LogP contribution in [0.25, 0.3) is 11.3 Å². The van der Waals surface area contributed by atoms with Gasteiger partial charge in [-0.15, -0.1) is 0 Å². The van der Waals surface area contributed by atoms with Gasteiger partial charge in [0.1, 0.15) is 12.0 Å². The fourth-order valence-electron chi connectivity index (χ4n) is 3.82. The molecule has 1 aliphatic rings. The highest BCUT2D eigenvalue weighted by Gasteiger charge is 2.27. The number of fused-ring (bicyclic) bond motifs is 1. The standard InChI is InChI=1S/C23H24FN2O/c1-17-6-8-18(9-7-17)21-15-25(23-5-3-2-4-14-26(21)23)16-22(27)19-10-12-20(24)13-11-19/h6-13,15H,2-5,14,16H2,1H3/q+1. The molecule has 0 bridgehead atoms. The van der Waals surface area contributed by atoms with Gasteiger partial charge in [0.2, 0.25) is 5.78 Å². The van der Waals surface area contributed by atoms with Crippen molar-refractivity contribution >= 4 is 5.78 Å². The topological polar surface area (TPSA) is 25.9 Å². The maximum atomic E-state index is 13.1. The first-order valence-electron chi connectivity index (χ1n) is 9.59. The van der Waals surface area contributed by atoms with Crippen molar-refractivity contribution < 1.29 is 13.8 Å². The first-order chi connectivity index (χ1) is 13.1. The van der Waals surface area contributed by atoms with E-state index in [1.807, 2.05) is 0 Å². The largest absolute Gasteiger partial charge is 0.290 e. The van der Waals surface area contributed by atoms with E-state index in [1.165, 1.54) is 41.2 Å². The highest BCUT2D eigenvalue weighted by Crippen LogP contribution is 2.24. The monoisotopic (exact) mass is 363 g/mol. The molecular weight excluding hydrogens is 339 g/mol. The number of carbonyl (C=O) groups excluding carboxylic acids is 1. The van der Waals surface area contributed by atoms with Gasteiger partial charge < -0.3 is 0 Å². The van der Waals surface area contributed by atoms with Crippen LogP contribution >= 0.6 is 0 Å². The highest BCUT2D eigenvalue weighted by molar-refractivity contribution is 5.95. The van der Waals surface area contributed by atoms with Crippen LogP contribution < -0.4 is 4.57 Å². The van der Waals surface area contributed by atoms with Gasteiger partial charge in [0.25, 0.3) is 5.82 Å². The van der Waals surface area contributed by atoms with Crippen LogP contribution in [0.15, 0.2) is 54.7 Å². The molecule has 0 aliphatic carbocycles. The Balaban J connectivity index is 1.71. The van der Waals surface area contributed by atoms with Crippen molar-refractivity contribution in [3.63, 3.8) is 0 Å². The molecule has 3 nitrogen and oxygen atoms in total. The molecule has 0 unspecified atom stereocenters. The Morgan fingerprint density at radius 2 is 1.78 bits per heavy atom. The van der Waals surface area contributed by atoms with Crippen LogP contribution in [0.3, 0.4) is 0 Å². The predicted molar refractivity (Wildman–Crippen MR) is 103 cm³/mol. The highest BCUT2D eigenvalue weighted by atomic mass is 19.1. The second-order valence-corrected chi connectivity index (χ2v) is 7.32. The summed E-state index contributed by atoms with van der Waals surface area (Å²) in [6.07, 6.45) is 6.59. The van der Waals surface area contributed by atoms with Crippen molar-refractivity contribution in [1.82, 2.24) is 4.57 Å². The van der Waals surface area contributed by atoms with E-state index in [2.05, 4.69) is 46.5 Å². The van der Waals surface area contributed by atoms with Gasteiger partial charge in [0, 0.05) is 17.5 Å². The quantitative estimate of drug-likeness (QED) is 0.495. The minimum absolute atomic E-state index is 0.00750. The minimum atomic E-state index is -0.321. The minimum Gasteiger partial charge on any atom is -0.290 e. The number of Topliss-reactive ketones (excluding diaryl/α,β-unsaturated/α-hetero) is 1. The molecule has 0 saturated heterocycles. The summed E-state index contributed by atoms with van der Waals surface area (Å²) < 4.78 is 17.6. The van der Waals surface area contributed by atoms with Gasteiger partial charge in [-0.1, -0.05) is 29.8 Å². The summed E-state index contributed by atoms with van der Waals surface area (Å²) in [5.74, 6) is 0.894. The molecule has 1 aliphatic heterocycles. The average Bonchev–Trinajstić information content (AvgIpc) is 2.84. The molecule has 138 valence electrons. The van der Waals surface area contributed by atoms with E-state index in [9.17, 15) is 9.18 Å². The van der Waals surface area contributed by atoms with Crippen molar-refractivity contribution in [2.45, 2.75) is 45.7 Å². The summed E-state index contributed by atoms with van der Waals surface area (Å²) in [4.78, 5) is 12.7. The molecule has 0 radical (unpaired) electrons. The normalized spacial score (nSPS) is 13.9. The molecule has 27 heavy (non-hydrogen) atoms. The van der Waals surface area contributed by atoms with E-state index in [-0.39, 0.29) is 18.1 Å². The Hall–Kier alpha value is -2.75. The Kier molecular flexibility index (Phi) is 4.88. The third-order valence-corrected chi connectivity index (χ3v) is 5.32. The van der Waals surface area contributed by atoms with E-state index in [0.29, 0.717) is 5.56 Å². The van der Waals surface area contributed by atoms with Crippen molar-refractivity contribution in [2.24, 2.45) is 0 Å². The maximum Gasteiger partial charge on any atom is 0.257 e. The predicted octanol–water partition coefficient (Wildman–Crippen LogP) is 4.50. The van der Waals surface area contributed by atoms with E-state index in [0.717, 1.165) is 25.8 Å². The van der Waals surface area contributed by atoms with Crippen LogP contribution in [0.4, 0.5) is 4.39 Å². The lowest BCUT2D eigenvalue weighted by Crippen LogP contribution is -2.40. The van der Waals surface area contributed by atoms with Crippen LogP contribution in [0.5, 0.6) is 0 Å². The van der Waals surface area contributed by atoms with Crippen molar-refractivity contribution in [3.8, 4) is 11.3 Å². The summed E-state index contributed by atoms with van der Waals surface area (Å²) >= 11 is 0. The number of carbonyl (C=O) groups is 1. The zero-order chi connectivity index (χ0) is 18.8. The summed E-state index contributed by atoms with van der Waals surface area (Å²) in [6, 6.07) is 14.4. The molecule has 4 heteroatoms. The molecule has 0 atom stereocenters. The number of hydrogen-bond donors (Lipinski definition) is 0. The smallest absolute Gasteiger partial charge is 0.257 e. The summed E-state index contributed by atoms with van der Waals surface area (Å²) in [5, 5.41) is 0. The van der Waals surface area contributed by atoms with Gasteiger partial charge in [0.05, 0.1) is 6.54 Å². The van der Waals surface area contributed by atoms with Gasteiger partial charge in [-0.3, -0.25) is 4.79 Å². The fraction of sp³-hybridized carbons (Fsp3) is 0.304. The Labute approximate surface area is 159 Å². The van der Waals surface area contributed by atoms with Gasteiger partial charge in [-0.05, 0) is 50.5 Å². The van der Waals surface area contributed by atoms with Crippen molar-refractivity contribution in [1.29, 1.82) is 0 Å². The van der Waals surface area contributed by atoms with Crippen molar-refractivity contribution in [3.05, 3.63) is 77.5 Å². The summed E-state index contributed by atoms with van der Waals surface area (Å²) in [6.45, 7) is 3.35. The SMILES string of the molecule is Cc1ccc(-c2c[n+](CC(=O)c3ccc(F)cc3)c3n2CCCCC3)cc1. The summed E-state index contributed by atoms with van der Waals surface area (Å²) in [7, 11) is 0. The number of aromatic nitrogens is 2. The third-order valence-electron chi connectivity index (χ3n) is 5.32. The zero-order valence-corrected chi connectivity index (χ0v) is 15.6. The molecule has 0 amide bonds. The molecule has 4 rings (SSSR count). The average molecular weight is 363 g/mol. The molecule has 0 saturated carbocycles. The molecular formula is C23H24FN2O+. The number of hydrogen-bond acceptors (Lipinski definition) is 1. The Morgan fingerprint density at radius 1 is 1.04 bits per heavy atom. The fourth-order valence-corrected chi connectivity index (χ4v) is 3.82. The van der Waals surface area contributed by atoms with Crippen LogP contribution in [0.1, 0.15) is 41.0 Å². The van der Waals surface area contributed by atoms with E-state index in [1.54, 1.807) is 12.1 Å². The van der Waals surface area contributed by atoms with Crippen LogP contribution in [-0.4, -0.2) is 10.4 Å². The van der Waals surface area contributed by atoms with E-state index >= 15 is 0 Å².